The minimum Gasteiger partial charge on any atom is -0.391 e. The topological polar surface area (TPSA) is 64.4 Å². The maximum Gasteiger partial charge on any atom is 0.104 e. The Kier molecular flexibility index (Phi) is 2.22. The fourth-order valence-corrected chi connectivity index (χ4v) is 2.15. The molecule has 11 heavy (non-hydrogen) atoms. The summed E-state index contributed by atoms with van der Waals surface area (Å²) in [4.78, 5) is 0. The van der Waals surface area contributed by atoms with Crippen LogP contribution in [0.15, 0.2) is 0 Å². The molecule has 0 saturated carbocycles. The molecule has 0 aliphatic carbocycles. The van der Waals surface area contributed by atoms with Crippen LogP contribution in [0.5, 0.6) is 0 Å². The van der Waals surface area contributed by atoms with Gasteiger partial charge in [0.15, 0.2) is 0 Å². The van der Waals surface area contributed by atoms with E-state index in [4.69, 9.17) is 4.78 Å². The second-order valence-corrected chi connectivity index (χ2v) is 5.32. The molecule has 3 unspecified atom stereocenters. The van der Waals surface area contributed by atoms with Crippen LogP contribution in [-0.4, -0.2) is 39.1 Å². The highest BCUT2D eigenvalue weighted by Crippen LogP contribution is 2.18. The number of hydrogen-bond acceptors (Lipinski definition) is 3. The standard InChI is InChI=1S/C6H14N2O2S/c1-5-3-8(4-6(5)9)11(2,7)10/h5-7,9H,3-4H2,1-2H3. The van der Waals surface area contributed by atoms with E-state index in [0.29, 0.717) is 13.1 Å². The third-order valence-electron chi connectivity index (χ3n) is 2.03. The SMILES string of the molecule is CC1CN(S(C)(=N)=O)CC1O. The summed E-state index contributed by atoms with van der Waals surface area (Å²) in [5, 5.41) is 9.28. The fourth-order valence-electron chi connectivity index (χ4n) is 1.19. The van der Waals surface area contributed by atoms with Crippen molar-refractivity contribution in [2.45, 2.75) is 13.0 Å². The maximum atomic E-state index is 11.2. The number of aliphatic hydroxyl groups is 1. The average molecular weight is 178 g/mol. The van der Waals surface area contributed by atoms with E-state index in [1.807, 2.05) is 6.92 Å². The van der Waals surface area contributed by atoms with E-state index < -0.39 is 16.0 Å². The zero-order valence-electron chi connectivity index (χ0n) is 6.78. The summed E-state index contributed by atoms with van der Waals surface area (Å²) in [6.45, 7) is 2.84. The Morgan fingerprint density at radius 2 is 2.18 bits per heavy atom. The van der Waals surface area contributed by atoms with Crippen molar-refractivity contribution in [1.29, 1.82) is 4.78 Å². The number of nitrogens with one attached hydrogen (secondary N) is 1. The van der Waals surface area contributed by atoms with Gasteiger partial charge in [-0.15, -0.1) is 0 Å². The van der Waals surface area contributed by atoms with Crippen LogP contribution in [0.4, 0.5) is 0 Å². The molecule has 0 bridgehead atoms. The van der Waals surface area contributed by atoms with E-state index in [0.717, 1.165) is 0 Å². The maximum absolute atomic E-state index is 11.2. The molecule has 2 N–H and O–H groups in total. The Labute approximate surface area is 67.3 Å². The van der Waals surface area contributed by atoms with Gasteiger partial charge in [0.05, 0.1) is 6.10 Å². The molecule has 1 aliphatic rings. The van der Waals surface area contributed by atoms with Gasteiger partial charge >= 0.3 is 0 Å². The highest BCUT2D eigenvalue weighted by molar-refractivity contribution is 7.89. The van der Waals surface area contributed by atoms with Gasteiger partial charge in [0.1, 0.15) is 9.92 Å². The number of nitrogens with zero attached hydrogens (tertiary/aromatic N) is 1. The molecule has 5 heteroatoms. The zero-order chi connectivity index (χ0) is 8.65. The predicted octanol–water partition coefficient (Wildman–Crippen LogP) is -0.109. The third-order valence-corrected chi connectivity index (χ3v) is 3.32. The Bertz CT molecular complexity index is 227. The van der Waals surface area contributed by atoms with Crippen molar-refractivity contribution in [1.82, 2.24) is 4.31 Å². The third kappa shape index (κ3) is 1.91. The number of hydrogen-bond donors (Lipinski definition) is 2. The Morgan fingerprint density at radius 3 is 2.36 bits per heavy atom. The van der Waals surface area contributed by atoms with Crippen LogP contribution in [0.1, 0.15) is 6.92 Å². The molecule has 0 radical (unpaired) electrons. The van der Waals surface area contributed by atoms with E-state index in [2.05, 4.69) is 0 Å². The molecule has 0 aromatic rings. The Balaban J connectivity index is 2.69. The average Bonchev–Trinajstić information content (AvgIpc) is 2.11. The van der Waals surface area contributed by atoms with E-state index in [9.17, 15) is 9.32 Å². The summed E-state index contributed by atoms with van der Waals surface area (Å²) in [7, 11) is -2.60. The summed E-state index contributed by atoms with van der Waals surface area (Å²) < 4.78 is 19.9. The lowest BCUT2D eigenvalue weighted by atomic mass is 10.1. The lowest BCUT2D eigenvalue weighted by Crippen LogP contribution is -2.27. The van der Waals surface area contributed by atoms with Crippen LogP contribution in [0.2, 0.25) is 0 Å². The van der Waals surface area contributed by atoms with Gasteiger partial charge in [-0.3, -0.25) is 0 Å². The molecular weight excluding hydrogens is 164 g/mol. The lowest BCUT2D eigenvalue weighted by Gasteiger charge is -2.13. The molecule has 3 atom stereocenters. The number of β-amino-alcohol motifs (C(OH)–C–C–N with tert-alkyl or cyclic N) is 1. The molecule has 0 aromatic carbocycles. The van der Waals surface area contributed by atoms with Crippen LogP contribution in [-0.2, 0) is 9.92 Å². The van der Waals surface area contributed by atoms with Crippen LogP contribution < -0.4 is 0 Å². The quantitative estimate of drug-likeness (QED) is 0.588. The number of aliphatic hydroxyl groups excluding tert-OH is 1. The molecule has 66 valence electrons. The van der Waals surface area contributed by atoms with Crippen molar-refractivity contribution in [2.75, 3.05) is 19.3 Å². The van der Waals surface area contributed by atoms with Gasteiger partial charge in [-0.05, 0) is 5.92 Å². The van der Waals surface area contributed by atoms with Crippen LogP contribution in [0.3, 0.4) is 0 Å². The van der Waals surface area contributed by atoms with Crippen LogP contribution in [0.25, 0.3) is 0 Å². The smallest absolute Gasteiger partial charge is 0.104 e. The van der Waals surface area contributed by atoms with Crippen molar-refractivity contribution in [3.63, 3.8) is 0 Å². The molecule has 1 aliphatic heterocycles. The minimum atomic E-state index is -2.60. The second-order valence-electron chi connectivity index (χ2n) is 3.19. The summed E-state index contributed by atoms with van der Waals surface area (Å²) >= 11 is 0. The highest BCUT2D eigenvalue weighted by Gasteiger charge is 2.31. The van der Waals surface area contributed by atoms with Crippen LogP contribution in [0, 0.1) is 10.7 Å². The van der Waals surface area contributed by atoms with Gasteiger partial charge in [0.25, 0.3) is 0 Å². The normalized spacial score (nSPS) is 38.8. The van der Waals surface area contributed by atoms with Crippen molar-refractivity contribution < 1.29 is 9.32 Å². The largest absolute Gasteiger partial charge is 0.391 e. The Morgan fingerprint density at radius 1 is 1.64 bits per heavy atom. The van der Waals surface area contributed by atoms with E-state index >= 15 is 0 Å². The summed E-state index contributed by atoms with van der Waals surface area (Å²) in [5.41, 5.74) is 0. The summed E-state index contributed by atoms with van der Waals surface area (Å²) in [6.07, 6.45) is 0.971. The van der Waals surface area contributed by atoms with Gasteiger partial charge in [-0.25, -0.2) is 13.3 Å². The first-order valence-corrected chi connectivity index (χ1v) is 5.50. The number of rotatable bonds is 1. The monoisotopic (exact) mass is 178 g/mol. The van der Waals surface area contributed by atoms with Gasteiger partial charge < -0.3 is 5.11 Å². The molecule has 1 saturated heterocycles. The molecule has 1 fully saturated rings. The zero-order valence-corrected chi connectivity index (χ0v) is 7.60. The molecule has 0 amide bonds. The van der Waals surface area contributed by atoms with Crippen molar-refractivity contribution >= 4 is 9.92 Å². The molecule has 0 aromatic heterocycles. The van der Waals surface area contributed by atoms with E-state index in [-0.39, 0.29) is 5.92 Å². The van der Waals surface area contributed by atoms with E-state index in [1.165, 1.54) is 10.6 Å². The summed E-state index contributed by atoms with van der Waals surface area (Å²) in [5.74, 6) is 0.140. The van der Waals surface area contributed by atoms with Gasteiger partial charge in [0.2, 0.25) is 0 Å². The molecule has 1 rings (SSSR count). The second kappa shape index (κ2) is 2.73. The fraction of sp³-hybridized carbons (Fsp3) is 1.00. The molecular formula is C6H14N2O2S. The first-order chi connectivity index (χ1) is 4.91. The van der Waals surface area contributed by atoms with Gasteiger partial charge in [-0.2, -0.15) is 0 Å². The van der Waals surface area contributed by atoms with Gasteiger partial charge in [-0.1, -0.05) is 6.92 Å². The van der Waals surface area contributed by atoms with E-state index in [1.54, 1.807) is 0 Å². The first-order valence-electron chi connectivity index (χ1n) is 3.58. The predicted molar refractivity (Wildman–Crippen MR) is 43.5 cm³/mol. The minimum absolute atomic E-state index is 0.140. The lowest BCUT2D eigenvalue weighted by molar-refractivity contribution is 0.153. The Hall–Kier alpha value is -0.130. The first kappa shape index (κ1) is 8.96. The molecule has 1 heterocycles. The molecule has 0 spiro atoms. The van der Waals surface area contributed by atoms with Crippen molar-refractivity contribution in [3.05, 3.63) is 0 Å². The highest BCUT2D eigenvalue weighted by atomic mass is 32.2. The van der Waals surface area contributed by atoms with Crippen molar-refractivity contribution in [2.24, 2.45) is 5.92 Å². The van der Waals surface area contributed by atoms with Gasteiger partial charge in [0, 0.05) is 19.3 Å². The van der Waals surface area contributed by atoms with Crippen molar-refractivity contribution in [3.8, 4) is 0 Å². The molecule has 4 nitrogen and oxygen atoms in total. The summed E-state index contributed by atoms with van der Waals surface area (Å²) in [6, 6.07) is 0. The van der Waals surface area contributed by atoms with Crippen LogP contribution >= 0.6 is 0 Å².